The van der Waals surface area contributed by atoms with Gasteiger partial charge in [0.1, 0.15) is 0 Å². The fraction of sp³-hybridized carbons (Fsp3) is 0.233. The molecule has 0 amide bonds. The molecule has 6 aliphatic rings. The van der Waals surface area contributed by atoms with Crippen molar-refractivity contribution in [1.82, 2.24) is 0 Å². The minimum Gasteiger partial charge on any atom is -0.466 e. The zero-order valence-electron chi connectivity index (χ0n) is 26.6. The second-order valence-corrected chi connectivity index (χ2v) is 14.0. The zero-order chi connectivity index (χ0) is 32.5. The van der Waals surface area contributed by atoms with Gasteiger partial charge in [-0.15, -0.1) is 0 Å². The standard InChI is InChI=1S/C43H32O5/c1-47-39(44)33-29-21-22-30(34(33)40(45)48-2)32-31(29)37-38(32)43(24-15-7-4-8-16-24)36-28-20-12-10-18-26(28)25-17-9-11-19-27(25)35(36)42(37,41(43)46)23-13-5-3-6-14-23/h3-22,29-32,37-38H,1-2H3. The van der Waals surface area contributed by atoms with Crippen molar-refractivity contribution in [1.29, 1.82) is 0 Å². The number of Topliss-reactive ketones (excluding diaryl/α,β-unsaturated/α-hetero) is 1. The van der Waals surface area contributed by atoms with E-state index in [-0.39, 0.29) is 41.3 Å². The Labute approximate surface area is 277 Å². The van der Waals surface area contributed by atoms with E-state index >= 15 is 4.79 Å². The Morgan fingerprint density at radius 2 is 0.875 bits per heavy atom. The zero-order valence-corrected chi connectivity index (χ0v) is 26.6. The maximum atomic E-state index is 16.3. The van der Waals surface area contributed by atoms with Gasteiger partial charge in [0.15, 0.2) is 5.78 Å². The average molecular weight is 629 g/mol. The second kappa shape index (κ2) is 9.41. The molecule has 0 N–H and O–H groups in total. The van der Waals surface area contributed by atoms with Crippen LogP contribution in [0.5, 0.6) is 0 Å². The molecular formula is C43H32O5. The van der Waals surface area contributed by atoms with Crippen LogP contribution in [0, 0.1) is 35.5 Å². The quantitative estimate of drug-likeness (QED) is 0.121. The summed E-state index contributed by atoms with van der Waals surface area (Å²) in [5, 5.41) is 4.45. The van der Waals surface area contributed by atoms with Crippen LogP contribution in [0.25, 0.3) is 21.5 Å². The predicted octanol–water partition coefficient (Wildman–Crippen LogP) is 7.10. The number of hydrogen-bond acceptors (Lipinski definition) is 5. The summed E-state index contributed by atoms with van der Waals surface area (Å²) in [5.41, 5.74) is 2.99. The third kappa shape index (κ3) is 2.86. The summed E-state index contributed by atoms with van der Waals surface area (Å²) in [5.74, 6) is -1.91. The molecule has 5 nitrogen and oxygen atoms in total. The summed E-state index contributed by atoms with van der Waals surface area (Å²) in [6.45, 7) is 0. The highest BCUT2D eigenvalue weighted by Crippen LogP contribution is 2.82. The van der Waals surface area contributed by atoms with Crippen LogP contribution in [0.4, 0.5) is 0 Å². The van der Waals surface area contributed by atoms with Gasteiger partial charge in [0.05, 0.1) is 36.2 Å². The largest absolute Gasteiger partial charge is 0.466 e. The molecule has 11 rings (SSSR count). The molecule has 0 aliphatic heterocycles. The number of benzene rings is 5. The highest BCUT2D eigenvalue weighted by molar-refractivity contribution is 6.23. The molecule has 2 fully saturated rings. The first-order chi connectivity index (χ1) is 23.5. The van der Waals surface area contributed by atoms with Crippen LogP contribution in [0.15, 0.2) is 132 Å². The molecular weight excluding hydrogens is 596 g/mol. The highest BCUT2D eigenvalue weighted by atomic mass is 16.5. The molecule has 0 aromatic heterocycles. The Kier molecular flexibility index (Phi) is 5.45. The molecule has 0 saturated heterocycles. The summed E-state index contributed by atoms with van der Waals surface area (Å²) in [6, 6.07) is 37.7. The van der Waals surface area contributed by atoms with Crippen molar-refractivity contribution in [2.45, 2.75) is 10.8 Å². The summed E-state index contributed by atoms with van der Waals surface area (Å²) in [6.07, 6.45) is 4.18. The third-order valence-corrected chi connectivity index (χ3v) is 12.7. The van der Waals surface area contributed by atoms with Crippen LogP contribution in [-0.4, -0.2) is 31.9 Å². The molecule has 48 heavy (non-hydrogen) atoms. The Morgan fingerprint density at radius 1 is 0.521 bits per heavy atom. The van der Waals surface area contributed by atoms with Gasteiger partial charge in [0.25, 0.3) is 0 Å². The maximum absolute atomic E-state index is 16.3. The van der Waals surface area contributed by atoms with Crippen molar-refractivity contribution in [3.63, 3.8) is 0 Å². The predicted molar refractivity (Wildman–Crippen MR) is 182 cm³/mol. The van der Waals surface area contributed by atoms with Crippen molar-refractivity contribution in [3.05, 3.63) is 155 Å². The molecule has 5 heteroatoms. The summed E-state index contributed by atoms with van der Waals surface area (Å²) in [7, 11) is 2.73. The number of ketones is 1. The van der Waals surface area contributed by atoms with Crippen molar-refractivity contribution in [2.75, 3.05) is 14.2 Å². The number of fused-ring (bicyclic) bond motifs is 13. The van der Waals surface area contributed by atoms with Gasteiger partial charge in [-0.05, 0) is 67.5 Å². The molecule has 5 aromatic rings. The van der Waals surface area contributed by atoms with Gasteiger partial charge in [0, 0.05) is 11.8 Å². The van der Waals surface area contributed by atoms with Crippen LogP contribution in [0.2, 0.25) is 0 Å². The van der Waals surface area contributed by atoms with Crippen LogP contribution >= 0.6 is 0 Å². The van der Waals surface area contributed by atoms with Crippen LogP contribution in [0.3, 0.4) is 0 Å². The van der Waals surface area contributed by atoms with Gasteiger partial charge in [-0.1, -0.05) is 121 Å². The van der Waals surface area contributed by atoms with Gasteiger partial charge in [-0.25, -0.2) is 9.59 Å². The first kappa shape index (κ1) is 27.8. The van der Waals surface area contributed by atoms with E-state index in [1.165, 1.54) is 14.2 Å². The van der Waals surface area contributed by atoms with Crippen molar-refractivity contribution in [2.24, 2.45) is 35.5 Å². The number of allylic oxidation sites excluding steroid dienone is 2. The second-order valence-electron chi connectivity index (χ2n) is 14.0. The van der Waals surface area contributed by atoms with E-state index in [1.807, 2.05) is 36.4 Å². The minimum atomic E-state index is -0.972. The molecule has 0 heterocycles. The fourth-order valence-electron chi connectivity index (χ4n) is 11.5. The van der Waals surface area contributed by atoms with E-state index in [9.17, 15) is 9.59 Å². The van der Waals surface area contributed by atoms with Crippen molar-refractivity contribution < 1.29 is 23.9 Å². The summed E-state index contributed by atoms with van der Waals surface area (Å²) < 4.78 is 10.6. The van der Waals surface area contributed by atoms with Gasteiger partial charge < -0.3 is 9.47 Å². The van der Waals surface area contributed by atoms with Crippen LogP contribution < -0.4 is 0 Å². The lowest BCUT2D eigenvalue weighted by molar-refractivity contribution is -0.147. The number of carbonyl (C=O) groups excluding carboxylic acids is 3. The smallest absolute Gasteiger partial charge is 0.334 e. The van der Waals surface area contributed by atoms with E-state index in [4.69, 9.17) is 9.47 Å². The molecule has 2 saturated carbocycles. The topological polar surface area (TPSA) is 69.7 Å². The van der Waals surface area contributed by atoms with E-state index in [2.05, 4.69) is 84.9 Å². The van der Waals surface area contributed by atoms with Gasteiger partial charge >= 0.3 is 11.9 Å². The third-order valence-electron chi connectivity index (χ3n) is 12.7. The molecule has 4 bridgehead atoms. The SMILES string of the molecule is COC(=O)C1=C(C(=O)OC)C2C=CC1C1C2C2C1C1(c3ccccc3)C(=O)C2(c2ccccc2)c2c1c1ccccc1c1ccccc21. The lowest BCUT2D eigenvalue weighted by atomic mass is 9.35. The lowest BCUT2D eigenvalue weighted by Gasteiger charge is -2.66. The molecule has 0 spiro atoms. The molecule has 8 unspecified atom stereocenters. The summed E-state index contributed by atoms with van der Waals surface area (Å²) >= 11 is 0. The fourth-order valence-corrected chi connectivity index (χ4v) is 11.5. The van der Waals surface area contributed by atoms with Crippen LogP contribution in [0.1, 0.15) is 22.3 Å². The maximum Gasteiger partial charge on any atom is 0.334 e. The molecule has 234 valence electrons. The number of hydrogen-bond donors (Lipinski definition) is 0. The normalized spacial score (nSPS) is 31.8. The highest BCUT2D eigenvalue weighted by Gasteiger charge is 2.85. The first-order valence-corrected chi connectivity index (χ1v) is 16.7. The Bertz CT molecular complexity index is 2160. The van der Waals surface area contributed by atoms with Crippen molar-refractivity contribution >= 4 is 39.3 Å². The number of ether oxygens (including phenoxy) is 2. The molecule has 0 radical (unpaired) electrons. The lowest BCUT2D eigenvalue weighted by Crippen LogP contribution is -2.65. The van der Waals surface area contributed by atoms with Gasteiger partial charge in [-0.3, -0.25) is 4.79 Å². The Balaban J connectivity index is 1.39. The number of methoxy groups -OCH3 is 2. The van der Waals surface area contributed by atoms with E-state index in [1.54, 1.807) is 0 Å². The molecule has 8 atom stereocenters. The molecule has 5 aromatic carbocycles. The monoisotopic (exact) mass is 628 g/mol. The van der Waals surface area contributed by atoms with Gasteiger partial charge in [0.2, 0.25) is 0 Å². The van der Waals surface area contributed by atoms with E-state index in [0.717, 1.165) is 43.8 Å². The summed E-state index contributed by atoms with van der Waals surface area (Å²) in [4.78, 5) is 43.4. The number of carbonyl (C=O) groups is 3. The first-order valence-electron chi connectivity index (χ1n) is 16.7. The Hall–Kier alpha value is -5.29. The van der Waals surface area contributed by atoms with E-state index in [0.29, 0.717) is 11.1 Å². The van der Waals surface area contributed by atoms with Crippen molar-refractivity contribution in [3.8, 4) is 0 Å². The Morgan fingerprint density at radius 3 is 1.25 bits per heavy atom. The number of rotatable bonds is 4. The molecule has 6 aliphatic carbocycles. The number of esters is 2. The van der Waals surface area contributed by atoms with Gasteiger partial charge in [-0.2, -0.15) is 0 Å². The van der Waals surface area contributed by atoms with E-state index < -0.39 is 22.8 Å². The van der Waals surface area contributed by atoms with Crippen LogP contribution in [-0.2, 0) is 34.7 Å². The average Bonchev–Trinajstić information content (AvgIpc) is 3.49. The minimum absolute atomic E-state index is 0.0550.